The average molecular weight is 404 g/mol. The molecule has 1 aliphatic heterocycles. The van der Waals surface area contributed by atoms with Gasteiger partial charge in [-0.25, -0.2) is 0 Å². The van der Waals surface area contributed by atoms with Crippen LogP contribution in [-0.2, 0) is 11.8 Å². The largest absolute Gasteiger partial charge is 0.312 e. The van der Waals surface area contributed by atoms with Crippen LogP contribution in [0.3, 0.4) is 0 Å². The summed E-state index contributed by atoms with van der Waals surface area (Å²) in [5.41, 5.74) is 1.11. The van der Waals surface area contributed by atoms with Crippen LogP contribution >= 0.6 is 27.7 Å². The fraction of sp³-hybridized carbons (Fsp3) is 0.235. The predicted molar refractivity (Wildman–Crippen MR) is 98.3 cm³/mol. The number of hydrogen-bond donors (Lipinski definition) is 1. The second-order valence-electron chi connectivity index (χ2n) is 5.37. The van der Waals surface area contributed by atoms with Crippen molar-refractivity contribution in [2.45, 2.75) is 17.5 Å². The average Bonchev–Trinajstić information content (AvgIpc) is 2.56. The molecule has 0 saturated heterocycles. The zero-order valence-electron chi connectivity index (χ0n) is 12.9. The van der Waals surface area contributed by atoms with E-state index in [4.69, 9.17) is 6.42 Å². The van der Waals surface area contributed by atoms with Crippen LogP contribution in [0, 0.1) is 12.3 Å². The van der Waals surface area contributed by atoms with Crippen molar-refractivity contribution in [2.75, 3.05) is 11.1 Å². The number of rotatable bonds is 3. The molecule has 24 heavy (non-hydrogen) atoms. The number of aromatic nitrogens is 2. The summed E-state index contributed by atoms with van der Waals surface area (Å²) in [6, 6.07) is 7.63. The standard InChI is InChI=1S/C17H14BrN3O2S/c1-3-8-24-17-20-16(23)14-12(10-4-6-11(18)7-5-10)9-13(22)19-15(14)21(17)2/h1,4-7,12H,8-9H2,2H3,(H,19,22). The quantitative estimate of drug-likeness (QED) is 0.486. The van der Waals surface area contributed by atoms with Crippen molar-refractivity contribution in [3.05, 3.63) is 50.2 Å². The highest BCUT2D eigenvalue weighted by Gasteiger charge is 2.31. The molecule has 0 spiro atoms. The van der Waals surface area contributed by atoms with Gasteiger partial charge in [0.25, 0.3) is 5.56 Å². The van der Waals surface area contributed by atoms with Gasteiger partial charge in [-0.05, 0) is 17.7 Å². The third-order valence-corrected chi connectivity index (χ3v) is 5.32. The van der Waals surface area contributed by atoms with E-state index in [1.807, 2.05) is 24.3 Å². The zero-order valence-corrected chi connectivity index (χ0v) is 15.3. The Labute approximate surface area is 152 Å². The van der Waals surface area contributed by atoms with Crippen LogP contribution in [0.25, 0.3) is 0 Å². The number of thioether (sulfide) groups is 1. The number of nitrogens with zero attached hydrogens (tertiary/aromatic N) is 2. The molecule has 0 bridgehead atoms. The number of carbonyl (C=O) groups is 1. The maximum atomic E-state index is 12.6. The lowest BCUT2D eigenvalue weighted by Crippen LogP contribution is -2.33. The molecule has 2 heterocycles. The number of amides is 1. The van der Waals surface area contributed by atoms with Crippen LogP contribution in [0.1, 0.15) is 23.5 Å². The molecule has 122 valence electrons. The van der Waals surface area contributed by atoms with Crippen molar-refractivity contribution in [1.29, 1.82) is 0 Å². The Morgan fingerprint density at radius 1 is 1.42 bits per heavy atom. The van der Waals surface area contributed by atoms with Gasteiger partial charge in [0, 0.05) is 23.9 Å². The lowest BCUT2D eigenvalue weighted by atomic mass is 9.87. The maximum Gasteiger partial charge on any atom is 0.279 e. The summed E-state index contributed by atoms with van der Waals surface area (Å²) < 4.78 is 2.67. The molecule has 2 aromatic rings. The second kappa shape index (κ2) is 6.83. The minimum Gasteiger partial charge on any atom is -0.312 e. The minimum atomic E-state index is -0.324. The van der Waals surface area contributed by atoms with Crippen LogP contribution in [0.2, 0.25) is 0 Å². The van der Waals surface area contributed by atoms with Gasteiger partial charge >= 0.3 is 0 Å². The highest BCUT2D eigenvalue weighted by Crippen LogP contribution is 2.36. The van der Waals surface area contributed by atoms with Gasteiger partial charge in [-0.3, -0.25) is 9.59 Å². The van der Waals surface area contributed by atoms with Gasteiger partial charge in [0.15, 0.2) is 5.16 Å². The van der Waals surface area contributed by atoms with E-state index in [0.717, 1.165) is 10.0 Å². The number of fused-ring (bicyclic) bond motifs is 1. The van der Waals surface area contributed by atoms with E-state index in [-0.39, 0.29) is 23.8 Å². The first-order valence-corrected chi connectivity index (χ1v) is 9.01. The van der Waals surface area contributed by atoms with Crippen molar-refractivity contribution >= 4 is 39.4 Å². The SMILES string of the molecule is C#CCSc1nc(=O)c2c(n1C)NC(=O)CC2c1ccc(Br)cc1. The van der Waals surface area contributed by atoms with Gasteiger partial charge < -0.3 is 9.88 Å². The first kappa shape index (κ1) is 16.8. The predicted octanol–water partition coefficient (Wildman–Crippen LogP) is 2.74. The maximum absolute atomic E-state index is 12.6. The van der Waals surface area contributed by atoms with Crippen molar-refractivity contribution in [2.24, 2.45) is 7.05 Å². The Balaban J connectivity index is 2.14. The van der Waals surface area contributed by atoms with Gasteiger partial charge in [-0.15, -0.1) is 6.42 Å². The van der Waals surface area contributed by atoms with E-state index in [1.165, 1.54) is 11.8 Å². The van der Waals surface area contributed by atoms with Crippen LogP contribution in [-0.4, -0.2) is 21.2 Å². The summed E-state index contributed by atoms with van der Waals surface area (Å²) in [4.78, 5) is 28.9. The molecule has 0 aliphatic carbocycles. The van der Waals surface area contributed by atoms with Gasteiger partial charge in [-0.2, -0.15) is 4.98 Å². The third kappa shape index (κ3) is 3.12. The number of terminal acetylenes is 1. The van der Waals surface area contributed by atoms with E-state index in [9.17, 15) is 9.59 Å². The van der Waals surface area contributed by atoms with E-state index in [0.29, 0.717) is 22.3 Å². The fourth-order valence-electron chi connectivity index (χ4n) is 2.75. The van der Waals surface area contributed by atoms with Crippen molar-refractivity contribution in [3.63, 3.8) is 0 Å². The van der Waals surface area contributed by atoms with Crippen LogP contribution in [0.4, 0.5) is 5.82 Å². The Bertz CT molecular complexity index is 900. The monoisotopic (exact) mass is 403 g/mol. The fourth-order valence-corrected chi connectivity index (χ4v) is 3.66. The van der Waals surface area contributed by atoms with E-state index >= 15 is 0 Å². The first-order valence-electron chi connectivity index (χ1n) is 7.23. The highest BCUT2D eigenvalue weighted by atomic mass is 79.9. The molecular formula is C17H14BrN3O2S. The molecule has 5 nitrogen and oxygen atoms in total. The van der Waals surface area contributed by atoms with Crippen molar-refractivity contribution in [1.82, 2.24) is 9.55 Å². The summed E-state index contributed by atoms with van der Waals surface area (Å²) in [7, 11) is 1.77. The smallest absolute Gasteiger partial charge is 0.279 e. The summed E-state index contributed by atoms with van der Waals surface area (Å²) in [5.74, 6) is 2.99. The molecule has 1 atom stereocenters. The molecule has 1 aliphatic rings. The highest BCUT2D eigenvalue weighted by molar-refractivity contribution is 9.10. The van der Waals surface area contributed by atoms with Crippen molar-refractivity contribution in [3.8, 4) is 12.3 Å². The third-order valence-electron chi connectivity index (χ3n) is 3.86. The molecule has 1 amide bonds. The molecule has 3 rings (SSSR count). The van der Waals surface area contributed by atoms with Gasteiger partial charge in [0.2, 0.25) is 5.91 Å². The number of nitrogens with one attached hydrogen (secondary N) is 1. The summed E-state index contributed by atoms with van der Waals surface area (Å²) in [6.45, 7) is 0. The number of halogens is 1. The molecule has 0 fully saturated rings. The Morgan fingerprint density at radius 2 is 2.12 bits per heavy atom. The van der Waals surface area contributed by atoms with E-state index in [1.54, 1.807) is 11.6 Å². The Morgan fingerprint density at radius 3 is 2.79 bits per heavy atom. The zero-order chi connectivity index (χ0) is 17.3. The molecule has 1 N–H and O–H groups in total. The molecule has 0 radical (unpaired) electrons. The Hall–Kier alpha value is -2.04. The molecular weight excluding hydrogens is 390 g/mol. The number of benzene rings is 1. The van der Waals surface area contributed by atoms with E-state index in [2.05, 4.69) is 32.2 Å². The van der Waals surface area contributed by atoms with E-state index < -0.39 is 0 Å². The number of hydrogen-bond acceptors (Lipinski definition) is 4. The van der Waals surface area contributed by atoms with Gasteiger partial charge in [0.1, 0.15) is 5.82 Å². The van der Waals surface area contributed by atoms with Crippen LogP contribution < -0.4 is 10.9 Å². The van der Waals surface area contributed by atoms with Crippen LogP contribution in [0.5, 0.6) is 0 Å². The number of anilines is 1. The molecule has 1 aromatic carbocycles. The van der Waals surface area contributed by atoms with Gasteiger partial charge in [-0.1, -0.05) is 45.7 Å². The molecule has 1 unspecified atom stereocenters. The normalized spacial score (nSPS) is 16.2. The molecule has 0 saturated carbocycles. The lowest BCUT2D eigenvalue weighted by Gasteiger charge is -2.27. The van der Waals surface area contributed by atoms with Crippen LogP contribution in [0.15, 0.2) is 38.7 Å². The topological polar surface area (TPSA) is 64.0 Å². The second-order valence-corrected chi connectivity index (χ2v) is 7.23. The Kier molecular flexibility index (Phi) is 4.78. The lowest BCUT2D eigenvalue weighted by molar-refractivity contribution is -0.116. The molecule has 7 heteroatoms. The van der Waals surface area contributed by atoms with Crippen molar-refractivity contribution < 1.29 is 4.79 Å². The number of carbonyl (C=O) groups excluding carboxylic acids is 1. The minimum absolute atomic E-state index is 0.121. The summed E-state index contributed by atoms with van der Waals surface area (Å²) in [6.07, 6.45) is 5.50. The van der Waals surface area contributed by atoms with Gasteiger partial charge in [0.05, 0.1) is 11.3 Å². The molecule has 1 aromatic heterocycles. The summed E-state index contributed by atoms with van der Waals surface area (Å²) >= 11 is 4.69. The summed E-state index contributed by atoms with van der Waals surface area (Å²) in [5, 5.41) is 3.30. The first-order chi connectivity index (χ1) is 11.5.